The van der Waals surface area contributed by atoms with Crippen LogP contribution < -0.4 is 10.9 Å². The maximum absolute atomic E-state index is 11.3. The first kappa shape index (κ1) is 11.9. The van der Waals surface area contributed by atoms with Gasteiger partial charge in [0.25, 0.3) is 5.91 Å². The zero-order valence-electron chi connectivity index (χ0n) is 8.77. The smallest absolute Gasteiger partial charge is 0.261 e. The van der Waals surface area contributed by atoms with E-state index in [0.717, 1.165) is 0 Å². The highest BCUT2D eigenvalue weighted by Crippen LogP contribution is 1.97. The summed E-state index contributed by atoms with van der Waals surface area (Å²) in [5, 5.41) is 0. The lowest BCUT2D eigenvalue weighted by molar-refractivity contribution is -0.118. The van der Waals surface area contributed by atoms with Gasteiger partial charge in [-0.05, 0) is 27.7 Å². The third-order valence-corrected chi connectivity index (χ3v) is 1.28. The van der Waals surface area contributed by atoms with Crippen LogP contribution >= 0.6 is 0 Å². The summed E-state index contributed by atoms with van der Waals surface area (Å²) >= 11 is 0. The molecule has 0 fully saturated rings. The highest BCUT2D eigenvalue weighted by molar-refractivity contribution is 5.92. The topological polar surface area (TPSA) is 41.1 Å². The number of amides is 1. The van der Waals surface area contributed by atoms with Gasteiger partial charge < -0.3 is 0 Å². The van der Waals surface area contributed by atoms with E-state index in [-0.39, 0.29) is 11.4 Å². The van der Waals surface area contributed by atoms with Crippen molar-refractivity contribution in [3.63, 3.8) is 0 Å². The molecule has 74 valence electrons. The number of rotatable bonds is 3. The molecule has 0 unspecified atom stereocenters. The van der Waals surface area contributed by atoms with E-state index in [0.29, 0.717) is 5.57 Å². The van der Waals surface area contributed by atoms with Crippen LogP contribution in [0.25, 0.3) is 0 Å². The first-order valence-corrected chi connectivity index (χ1v) is 4.23. The number of carbonyl (C=O) groups excluding carboxylic acids is 1. The Balaban J connectivity index is 4.03. The van der Waals surface area contributed by atoms with Crippen LogP contribution in [0.15, 0.2) is 24.3 Å². The van der Waals surface area contributed by atoms with Gasteiger partial charge in [0.15, 0.2) is 0 Å². The van der Waals surface area contributed by atoms with E-state index < -0.39 is 0 Å². The maximum atomic E-state index is 11.3. The van der Waals surface area contributed by atoms with Crippen molar-refractivity contribution in [2.75, 3.05) is 0 Å². The lowest BCUT2D eigenvalue weighted by atomic mass is 10.1. The molecule has 13 heavy (non-hydrogen) atoms. The fourth-order valence-electron chi connectivity index (χ4n) is 0.595. The Bertz CT molecular complexity index is 224. The van der Waals surface area contributed by atoms with E-state index in [1.165, 1.54) is 0 Å². The van der Waals surface area contributed by atoms with Gasteiger partial charge in [0, 0.05) is 11.1 Å². The van der Waals surface area contributed by atoms with E-state index in [9.17, 15) is 4.79 Å². The molecule has 0 aromatic rings. The van der Waals surface area contributed by atoms with Crippen LogP contribution in [-0.4, -0.2) is 11.4 Å². The number of allylic oxidation sites excluding steroid dienone is 2. The Hall–Kier alpha value is -1.09. The van der Waals surface area contributed by atoms with Gasteiger partial charge in [-0.3, -0.25) is 10.2 Å². The summed E-state index contributed by atoms with van der Waals surface area (Å²) in [6.07, 6.45) is 3.26. The molecule has 3 heteroatoms. The van der Waals surface area contributed by atoms with Crippen molar-refractivity contribution in [1.29, 1.82) is 0 Å². The maximum Gasteiger partial charge on any atom is 0.261 e. The molecule has 0 aliphatic carbocycles. The molecule has 1 amide bonds. The fourth-order valence-corrected chi connectivity index (χ4v) is 0.595. The molecule has 0 saturated heterocycles. The number of carbonyl (C=O) groups is 1. The van der Waals surface area contributed by atoms with Crippen molar-refractivity contribution in [3.05, 3.63) is 24.3 Å². The Kier molecular flexibility index (Phi) is 4.42. The van der Waals surface area contributed by atoms with Crippen molar-refractivity contribution in [2.45, 2.75) is 33.2 Å². The third-order valence-electron chi connectivity index (χ3n) is 1.28. The lowest BCUT2D eigenvalue weighted by Crippen LogP contribution is -2.49. The van der Waals surface area contributed by atoms with E-state index in [2.05, 4.69) is 17.4 Å². The van der Waals surface area contributed by atoms with Crippen LogP contribution in [0.5, 0.6) is 0 Å². The zero-order valence-corrected chi connectivity index (χ0v) is 8.77. The van der Waals surface area contributed by atoms with Crippen LogP contribution in [-0.2, 0) is 4.79 Å². The molecule has 0 rings (SSSR count). The highest BCUT2D eigenvalue weighted by atomic mass is 16.2. The Labute approximate surface area is 79.9 Å². The summed E-state index contributed by atoms with van der Waals surface area (Å²) in [6.45, 7) is 11.2. The summed E-state index contributed by atoms with van der Waals surface area (Å²) in [4.78, 5) is 11.3. The highest BCUT2D eigenvalue weighted by Gasteiger charge is 2.10. The summed E-state index contributed by atoms with van der Waals surface area (Å²) in [7, 11) is 0. The van der Waals surface area contributed by atoms with E-state index >= 15 is 0 Å². The van der Waals surface area contributed by atoms with Crippen LogP contribution in [0.1, 0.15) is 27.7 Å². The largest absolute Gasteiger partial charge is 0.287 e. The van der Waals surface area contributed by atoms with Crippen LogP contribution in [0.2, 0.25) is 0 Å². The van der Waals surface area contributed by atoms with Gasteiger partial charge in [0.05, 0.1) is 0 Å². The SMILES string of the molecule is C=CC=C(C)C(=O)NNC(C)(C)C. The minimum absolute atomic E-state index is 0.121. The third kappa shape index (κ3) is 6.11. The van der Waals surface area contributed by atoms with Crippen LogP contribution in [0, 0.1) is 0 Å². The monoisotopic (exact) mass is 182 g/mol. The van der Waals surface area contributed by atoms with Crippen molar-refractivity contribution in [2.24, 2.45) is 0 Å². The molecule has 0 bridgehead atoms. The van der Waals surface area contributed by atoms with Gasteiger partial charge in [-0.2, -0.15) is 0 Å². The second kappa shape index (κ2) is 4.82. The second-order valence-corrected chi connectivity index (χ2v) is 3.91. The molecule has 0 aliphatic rings. The molecule has 3 nitrogen and oxygen atoms in total. The number of hydrazine groups is 1. The average Bonchev–Trinajstić information content (AvgIpc) is 1.99. The van der Waals surface area contributed by atoms with Crippen molar-refractivity contribution >= 4 is 5.91 Å². The summed E-state index contributed by atoms with van der Waals surface area (Å²) in [6, 6.07) is 0. The average molecular weight is 182 g/mol. The molecular weight excluding hydrogens is 164 g/mol. The van der Waals surface area contributed by atoms with E-state index in [1.54, 1.807) is 19.1 Å². The predicted molar refractivity (Wildman–Crippen MR) is 55.0 cm³/mol. The number of hydrogen-bond donors (Lipinski definition) is 2. The first-order valence-electron chi connectivity index (χ1n) is 4.23. The molecule has 2 N–H and O–H groups in total. The minimum Gasteiger partial charge on any atom is -0.287 e. The molecule has 0 aromatic carbocycles. The molecule has 0 radical (unpaired) electrons. The number of hydrogen-bond acceptors (Lipinski definition) is 2. The summed E-state index contributed by atoms with van der Waals surface area (Å²) in [5.41, 5.74) is 6.00. The molecule has 0 saturated carbocycles. The lowest BCUT2D eigenvalue weighted by Gasteiger charge is -2.20. The van der Waals surface area contributed by atoms with Gasteiger partial charge in [-0.15, -0.1) is 0 Å². The van der Waals surface area contributed by atoms with Crippen molar-refractivity contribution in [1.82, 2.24) is 10.9 Å². The van der Waals surface area contributed by atoms with Gasteiger partial charge in [0.1, 0.15) is 0 Å². The molecular formula is C10H18N2O. The molecule has 0 atom stereocenters. The molecule has 0 aromatic heterocycles. The standard InChI is InChI=1S/C10H18N2O/c1-6-7-8(2)9(13)11-12-10(3,4)5/h6-7,12H,1H2,2-5H3,(H,11,13). The van der Waals surface area contributed by atoms with Crippen molar-refractivity contribution < 1.29 is 4.79 Å². The molecule has 0 spiro atoms. The minimum atomic E-state index is -0.130. The van der Waals surface area contributed by atoms with Gasteiger partial charge in [-0.1, -0.05) is 18.7 Å². The Morgan fingerprint density at radius 1 is 1.38 bits per heavy atom. The second-order valence-electron chi connectivity index (χ2n) is 3.91. The van der Waals surface area contributed by atoms with E-state index in [4.69, 9.17) is 0 Å². The van der Waals surface area contributed by atoms with Gasteiger partial charge >= 0.3 is 0 Å². The summed E-state index contributed by atoms with van der Waals surface area (Å²) in [5.74, 6) is -0.130. The van der Waals surface area contributed by atoms with Crippen LogP contribution in [0.4, 0.5) is 0 Å². The fraction of sp³-hybridized carbons (Fsp3) is 0.500. The normalized spacial score (nSPS) is 12.5. The zero-order chi connectivity index (χ0) is 10.5. The van der Waals surface area contributed by atoms with Crippen LogP contribution in [0.3, 0.4) is 0 Å². The van der Waals surface area contributed by atoms with Gasteiger partial charge in [0.2, 0.25) is 0 Å². The Morgan fingerprint density at radius 3 is 2.31 bits per heavy atom. The first-order chi connectivity index (χ1) is 5.87. The van der Waals surface area contributed by atoms with Gasteiger partial charge in [-0.25, -0.2) is 5.43 Å². The van der Waals surface area contributed by atoms with E-state index in [1.807, 2.05) is 20.8 Å². The summed E-state index contributed by atoms with van der Waals surface area (Å²) < 4.78 is 0. The Morgan fingerprint density at radius 2 is 1.92 bits per heavy atom. The molecule has 0 heterocycles. The van der Waals surface area contributed by atoms with Crippen molar-refractivity contribution in [3.8, 4) is 0 Å². The predicted octanol–water partition coefficient (Wildman–Crippen LogP) is 1.54. The quantitative estimate of drug-likeness (QED) is 0.395. The molecule has 0 aliphatic heterocycles. The number of nitrogens with one attached hydrogen (secondary N) is 2.